The summed E-state index contributed by atoms with van der Waals surface area (Å²) >= 11 is 0. The lowest BCUT2D eigenvalue weighted by molar-refractivity contribution is -0.143. The Bertz CT molecular complexity index is 848. The fraction of sp³-hybridized carbons (Fsp3) is 0.375. The van der Waals surface area contributed by atoms with E-state index in [4.69, 9.17) is 14.2 Å². The highest BCUT2D eigenvalue weighted by Crippen LogP contribution is 2.16. The van der Waals surface area contributed by atoms with Crippen LogP contribution in [-0.4, -0.2) is 37.6 Å². The van der Waals surface area contributed by atoms with Crippen LogP contribution < -0.4 is 10.1 Å². The monoisotopic (exact) mass is 427 g/mol. The van der Waals surface area contributed by atoms with E-state index in [1.807, 2.05) is 44.2 Å². The van der Waals surface area contributed by atoms with Gasteiger partial charge in [0.1, 0.15) is 18.4 Å². The van der Waals surface area contributed by atoms with Gasteiger partial charge < -0.3 is 19.5 Å². The first-order chi connectivity index (χ1) is 14.9. The van der Waals surface area contributed by atoms with Gasteiger partial charge in [-0.15, -0.1) is 0 Å². The van der Waals surface area contributed by atoms with Crippen LogP contribution in [0.15, 0.2) is 54.6 Å². The Balaban J connectivity index is 1.86. The molecule has 1 N–H and O–H groups in total. The van der Waals surface area contributed by atoms with Crippen molar-refractivity contribution < 1.29 is 28.6 Å². The number of Topliss-reactive ketones (excluding diaryl/α,β-unsaturated/α-hetero) is 1. The Morgan fingerprint density at radius 1 is 0.968 bits per heavy atom. The fourth-order valence-corrected chi connectivity index (χ4v) is 2.72. The highest BCUT2D eigenvalue weighted by Gasteiger charge is 2.23. The molecule has 1 amide bonds. The van der Waals surface area contributed by atoms with Crippen LogP contribution in [0.1, 0.15) is 42.6 Å². The third kappa shape index (κ3) is 8.50. The number of ketones is 1. The predicted octanol–water partition coefficient (Wildman–Crippen LogP) is 4.15. The number of hydrogen-bond acceptors (Lipinski definition) is 6. The lowest BCUT2D eigenvalue weighted by Crippen LogP contribution is -2.42. The molecule has 0 aromatic heterocycles. The average Bonchev–Trinajstić information content (AvgIpc) is 2.79. The zero-order chi connectivity index (χ0) is 22.6. The van der Waals surface area contributed by atoms with Gasteiger partial charge in [-0.2, -0.15) is 0 Å². The highest BCUT2D eigenvalue weighted by molar-refractivity contribution is 5.96. The summed E-state index contributed by atoms with van der Waals surface area (Å²) in [5, 5.41) is 2.46. The molecule has 0 radical (unpaired) electrons. The smallest absolute Gasteiger partial charge is 0.407 e. The summed E-state index contributed by atoms with van der Waals surface area (Å²) in [5.74, 6) is 0.0470. The molecule has 0 bridgehead atoms. The average molecular weight is 427 g/mol. The first-order valence-corrected chi connectivity index (χ1v) is 10.2. The first-order valence-electron chi connectivity index (χ1n) is 10.2. The predicted molar refractivity (Wildman–Crippen MR) is 116 cm³/mol. The number of carbonyl (C=O) groups is 3. The number of alkyl carbamates (subject to hydrolysis) is 1. The van der Waals surface area contributed by atoms with E-state index in [1.165, 1.54) is 7.11 Å². The van der Waals surface area contributed by atoms with Gasteiger partial charge in [0, 0.05) is 12.0 Å². The van der Waals surface area contributed by atoms with Gasteiger partial charge in [-0.3, -0.25) is 4.79 Å². The van der Waals surface area contributed by atoms with Crippen LogP contribution in [0.4, 0.5) is 4.79 Å². The van der Waals surface area contributed by atoms with Crippen molar-refractivity contribution in [3.05, 3.63) is 65.7 Å². The van der Waals surface area contributed by atoms with Crippen molar-refractivity contribution in [2.45, 2.75) is 39.3 Å². The minimum Gasteiger partial charge on any atom is -0.489 e. The molecule has 0 heterocycles. The summed E-state index contributed by atoms with van der Waals surface area (Å²) < 4.78 is 15.5. The molecular formula is C24H29NO6. The van der Waals surface area contributed by atoms with Crippen molar-refractivity contribution in [2.24, 2.45) is 5.92 Å². The van der Waals surface area contributed by atoms with Crippen LogP contribution in [-0.2, 0) is 20.9 Å². The standard InChI is InChI=1S/C24H29NO6/c1-17(2)15-31-24(28)25-21(23(27)29-3)13-14-22(26)19-9-11-20(12-10-19)30-16-18-7-5-4-6-8-18/h4-12,17,21H,13-16H2,1-3H3,(H,25,28). The van der Waals surface area contributed by atoms with Crippen LogP contribution in [0.25, 0.3) is 0 Å². The molecular weight excluding hydrogens is 398 g/mol. The van der Waals surface area contributed by atoms with E-state index in [1.54, 1.807) is 24.3 Å². The summed E-state index contributed by atoms with van der Waals surface area (Å²) in [5.41, 5.74) is 1.55. The van der Waals surface area contributed by atoms with Crippen molar-refractivity contribution in [1.82, 2.24) is 5.32 Å². The molecule has 0 aliphatic heterocycles. The third-order valence-corrected chi connectivity index (χ3v) is 4.41. The number of esters is 1. The molecule has 2 aromatic carbocycles. The van der Waals surface area contributed by atoms with Gasteiger partial charge >= 0.3 is 12.1 Å². The molecule has 0 fully saturated rings. The molecule has 1 atom stereocenters. The quantitative estimate of drug-likeness (QED) is 0.428. The van der Waals surface area contributed by atoms with Crippen LogP contribution in [0, 0.1) is 5.92 Å². The molecule has 0 aliphatic rings. The number of rotatable bonds is 11. The zero-order valence-electron chi connectivity index (χ0n) is 18.1. The van der Waals surface area contributed by atoms with Crippen molar-refractivity contribution in [3.8, 4) is 5.75 Å². The van der Waals surface area contributed by atoms with Crippen molar-refractivity contribution in [3.63, 3.8) is 0 Å². The number of nitrogens with one attached hydrogen (secondary N) is 1. The Morgan fingerprint density at radius 3 is 2.26 bits per heavy atom. The van der Waals surface area contributed by atoms with Crippen LogP contribution in [0.2, 0.25) is 0 Å². The molecule has 0 aliphatic carbocycles. The number of benzene rings is 2. The molecule has 166 valence electrons. The lowest BCUT2D eigenvalue weighted by Gasteiger charge is -2.16. The molecule has 0 spiro atoms. The SMILES string of the molecule is COC(=O)C(CCC(=O)c1ccc(OCc2ccccc2)cc1)NC(=O)OCC(C)C. The molecule has 2 rings (SSSR count). The van der Waals surface area contributed by atoms with E-state index >= 15 is 0 Å². The van der Waals surface area contributed by atoms with E-state index < -0.39 is 18.1 Å². The second kappa shape index (κ2) is 12.4. The third-order valence-electron chi connectivity index (χ3n) is 4.41. The maximum Gasteiger partial charge on any atom is 0.407 e. The van der Waals surface area contributed by atoms with Gasteiger partial charge in [-0.1, -0.05) is 44.2 Å². The molecule has 2 aromatic rings. The number of amides is 1. The maximum absolute atomic E-state index is 12.5. The Kier molecular flexibility index (Phi) is 9.55. The summed E-state index contributed by atoms with van der Waals surface area (Å²) in [6, 6.07) is 15.7. The van der Waals surface area contributed by atoms with Crippen LogP contribution in [0.5, 0.6) is 5.75 Å². The van der Waals surface area contributed by atoms with Crippen LogP contribution in [0.3, 0.4) is 0 Å². The molecule has 7 heteroatoms. The molecule has 0 saturated heterocycles. The zero-order valence-corrected chi connectivity index (χ0v) is 18.1. The minimum absolute atomic E-state index is 0.0639. The Hall–Kier alpha value is -3.35. The number of ether oxygens (including phenoxy) is 3. The second-order valence-corrected chi connectivity index (χ2v) is 7.47. The van der Waals surface area contributed by atoms with Gasteiger partial charge in [0.25, 0.3) is 0 Å². The summed E-state index contributed by atoms with van der Waals surface area (Å²) in [4.78, 5) is 36.3. The Morgan fingerprint density at radius 2 is 1.65 bits per heavy atom. The summed E-state index contributed by atoms with van der Waals surface area (Å²) in [6.07, 6.45) is -0.542. The topological polar surface area (TPSA) is 90.9 Å². The fourth-order valence-electron chi connectivity index (χ4n) is 2.72. The van der Waals surface area contributed by atoms with Gasteiger partial charge in [-0.25, -0.2) is 9.59 Å². The van der Waals surface area contributed by atoms with E-state index in [-0.39, 0.29) is 31.1 Å². The van der Waals surface area contributed by atoms with Crippen molar-refractivity contribution in [1.29, 1.82) is 0 Å². The Labute approximate surface area is 182 Å². The summed E-state index contributed by atoms with van der Waals surface area (Å²) in [7, 11) is 1.23. The van der Waals surface area contributed by atoms with Gasteiger partial charge in [0.05, 0.1) is 13.7 Å². The largest absolute Gasteiger partial charge is 0.489 e. The molecule has 1 unspecified atom stereocenters. The minimum atomic E-state index is -0.956. The van der Waals surface area contributed by atoms with Crippen molar-refractivity contribution >= 4 is 17.8 Å². The number of methoxy groups -OCH3 is 1. The maximum atomic E-state index is 12.5. The summed E-state index contributed by atoms with van der Waals surface area (Å²) in [6.45, 7) is 4.48. The molecule has 31 heavy (non-hydrogen) atoms. The van der Waals surface area contributed by atoms with Gasteiger partial charge in [0.2, 0.25) is 0 Å². The van der Waals surface area contributed by atoms with Gasteiger partial charge in [-0.05, 0) is 42.2 Å². The van der Waals surface area contributed by atoms with Gasteiger partial charge in [0.15, 0.2) is 5.78 Å². The number of carbonyl (C=O) groups excluding carboxylic acids is 3. The van der Waals surface area contributed by atoms with E-state index in [9.17, 15) is 14.4 Å². The van der Waals surface area contributed by atoms with E-state index in [2.05, 4.69) is 5.32 Å². The van der Waals surface area contributed by atoms with E-state index in [0.29, 0.717) is 17.9 Å². The number of hydrogen-bond donors (Lipinski definition) is 1. The molecule has 7 nitrogen and oxygen atoms in total. The van der Waals surface area contributed by atoms with E-state index in [0.717, 1.165) is 5.56 Å². The normalized spacial score (nSPS) is 11.5. The second-order valence-electron chi connectivity index (χ2n) is 7.47. The van der Waals surface area contributed by atoms with Crippen LogP contribution >= 0.6 is 0 Å². The molecule has 0 saturated carbocycles. The highest BCUT2D eigenvalue weighted by atomic mass is 16.6. The first kappa shape index (κ1) is 23.9. The lowest BCUT2D eigenvalue weighted by atomic mass is 10.0. The van der Waals surface area contributed by atoms with Crippen molar-refractivity contribution in [2.75, 3.05) is 13.7 Å².